The highest BCUT2D eigenvalue weighted by Gasteiger charge is 2.25. The molecule has 1 aliphatic carbocycles. The third-order valence-electron chi connectivity index (χ3n) is 1.94. The van der Waals surface area contributed by atoms with Gasteiger partial charge in [0.15, 0.2) is 0 Å². The van der Waals surface area contributed by atoms with Gasteiger partial charge >= 0.3 is 0 Å². The number of nitrogens with zero attached hydrogens (tertiary/aromatic N) is 2. The molecule has 0 aliphatic heterocycles. The SMILES string of the molecule is NCCc1nc(C(=O)NC2CC2)no1. The number of nitrogens with two attached hydrogens (primary N) is 1. The highest BCUT2D eigenvalue weighted by Crippen LogP contribution is 2.18. The minimum Gasteiger partial charge on any atom is -0.346 e. The quantitative estimate of drug-likeness (QED) is 0.674. The average molecular weight is 196 g/mol. The summed E-state index contributed by atoms with van der Waals surface area (Å²) in [6.45, 7) is 0.436. The van der Waals surface area contributed by atoms with Crippen LogP contribution in [0.2, 0.25) is 0 Å². The summed E-state index contributed by atoms with van der Waals surface area (Å²) >= 11 is 0. The Morgan fingerprint density at radius 3 is 3.07 bits per heavy atom. The maximum Gasteiger partial charge on any atom is 0.292 e. The number of nitrogens with one attached hydrogen (secondary N) is 1. The Bertz CT molecular complexity index is 332. The summed E-state index contributed by atoms with van der Waals surface area (Å²) in [5, 5.41) is 6.33. The molecule has 0 atom stereocenters. The van der Waals surface area contributed by atoms with E-state index in [1.165, 1.54) is 0 Å². The molecule has 0 saturated heterocycles. The van der Waals surface area contributed by atoms with Gasteiger partial charge in [0, 0.05) is 19.0 Å². The van der Waals surface area contributed by atoms with Crippen molar-refractivity contribution in [1.82, 2.24) is 15.5 Å². The molecule has 3 N–H and O–H groups in total. The van der Waals surface area contributed by atoms with E-state index in [0.29, 0.717) is 24.9 Å². The van der Waals surface area contributed by atoms with E-state index in [9.17, 15) is 4.79 Å². The van der Waals surface area contributed by atoms with Gasteiger partial charge in [0.05, 0.1) is 0 Å². The zero-order chi connectivity index (χ0) is 9.97. The molecule has 1 heterocycles. The van der Waals surface area contributed by atoms with Gasteiger partial charge in [-0.1, -0.05) is 5.16 Å². The van der Waals surface area contributed by atoms with Crippen LogP contribution in [0.1, 0.15) is 29.4 Å². The maximum atomic E-state index is 11.4. The molecule has 6 nitrogen and oxygen atoms in total. The lowest BCUT2D eigenvalue weighted by Crippen LogP contribution is -2.26. The van der Waals surface area contributed by atoms with Crippen molar-refractivity contribution in [2.75, 3.05) is 6.54 Å². The summed E-state index contributed by atoms with van der Waals surface area (Å²) in [5.74, 6) is 0.244. The number of aromatic nitrogens is 2. The van der Waals surface area contributed by atoms with Crippen molar-refractivity contribution >= 4 is 5.91 Å². The zero-order valence-corrected chi connectivity index (χ0v) is 7.69. The van der Waals surface area contributed by atoms with E-state index in [1.807, 2.05) is 0 Å². The predicted molar refractivity (Wildman–Crippen MR) is 47.5 cm³/mol. The third-order valence-corrected chi connectivity index (χ3v) is 1.94. The zero-order valence-electron chi connectivity index (χ0n) is 7.69. The van der Waals surface area contributed by atoms with Crippen LogP contribution in [0.5, 0.6) is 0 Å². The normalized spacial score (nSPS) is 15.5. The number of amides is 1. The summed E-state index contributed by atoms with van der Waals surface area (Å²) in [6.07, 6.45) is 2.59. The molecule has 0 bridgehead atoms. The maximum absolute atomic E-state index is 11.4. The van der Waals surface area contributed by atoms with Gasteiger partial charge in [-0.05, 0) is 12.8 Å². The summed E-state index contributed by atoms with van der Waals surface area (Å²) in [6, 6.07) is 0.305. The molecule has 76 valence electrons. The van der Waals surface area contributed by atoms with Crippen LogP contribution >= 0.6 is 0 Å². The largest absolute Gasteiger partial charge is 0.346 e. The minimum atomic E-state index is -0.264. The molecule has 1 aromatic heterocycles. The van der Waals surface area contributed by atoms with Gasteiger partial charge in [0.1, 0.15) is 0 Å². The first-order chi connectivity index (χ1) is 6.79. The molecule has 0 spiro atoms. The lowest BCUT2D eigenvalue weighted by molar-refractivity contribution is 0.0937. The van der Waals surface area contributed by atoms with E-state index in [1.54, 1.807) is 0 Å². The fraction of sp³-hybridized carbons (Fsp3) is 0.625. The molecule has 1 fully saturated rings. The number of hydrogen-bond donors (Lipinski definition) is 2. The molecule has 6 heteroatoms. The van der Waals surface area contributed by atoms with E-state index in [2.05, 4.69) is 15.5 Å². The minimum absolute atomic E-state index is 0.0975. The standard InChI is InChI=1S/C8H12N4O2/c9-4-3-6-11-7(12-14-6)8(13)10-5-1-2-5/h5H,1-4,9H2,(H,10,13). The van der Waals surface area contributed by atoms with E-state index in [-0.39, 0.29) is 11.7 Å². The Morgan fingerprint density at radius 1 is 1.64 bits per heavy atom. The van der Waals surface area contributed by atoms with Crippen LogP contribution < -0.4 is 11.1 Å². The smallest absolute Gasteiger partial charge is 0.292 e. The van der Waals surface area contributed by atoms with Gasteiger partial charge in [-0.25, -0.2) is 0 Å². The predicted octanol–water partition coefficient (Wildman–Crippen LogP) is -0.537. The molecule has 14 heavy (non-hydrogen) atoms. The van der Waals surface area contributed by atoms with Crippen molar-refractivity contribution in [3.05, 3.63) is 11.7 Å². The van der Waals surface area contributed by atoms with Gasteiger partial charge in [-0.2, -0.15) is 4.98 Å². The van der Waals surface area contributed by atoms with Crippen molar-refractivity contribution in [3.8, 4) is 0 Å². The van der Waals surface area contributed by atoms with Crippen molar-refractivity contribution < 1.29 is 9.32 Å². The first-order valence-corrected chi connectivity index (χ1v) is 4.63. The summed E-state index contributed by atoms with van der Waals surface area (Å²) in [7, 11) is 0. The Balaban J connectivity index is 1.96. The molecular formula is C8H12N4O2. The van der Waals surface area contributed by atoms with Crippen LogP contribution in [-0.2, 0) is 6.42 Å². The number of hydrogen-bond acceptors (Lipinski definition) is 5. The summed E-state index contributed by atoms with van der Waals surface area (Å²) in [4.78, 5) is 15.3. The van der Waals surface area contributed by atoms with Crippen LogP contribution in [-0.4, -0.2) is 28.6 Å². The molecule has 0 radical (unpaired) electrons. The highest BCUT2D eigenvalue weighted by atomic mass is 16.5. The van der Waals surface area contributed by atoms with Gasteiger partial charge in [0.2, 0.25) is 5.89 Å². The Hall–Kier alpha value is -1.43. The van der Waals surface area contributed by atoms with E-state index < -0.39 is 0 Å². The lowest BCUT2D eigenvalue weighted by Gasteiger charge is -1.95. The molecule has 0 aromatic carbocycles. The van der Waals surface area contributed by atoms with E-state index in [4.69, 9.17) is 10.3 Å². The van der Waals surface area contributed by atoms with Gasteiger partial charge in [0.25, 0.3) is 11.7 Å². The van der Waals surface area contributed by atoms with Crippen molar-refractivity contribution in [2.45, 2.75) is 25.3 Å². The monoisotopic (exact) mass is 196 g/mol. The topological polar surface area (TPSA) is 94.0 Å². The summed E-state index contributed by atoms with van der Waals surface area (Å²) in [5.41, 5.74) is 5.31. The number of rotatable bonds is 4. The second kappa shape index (κ2) is 3.75. The molecule has 2 rings (SSSR count). The first-order valence-electron chi connectivity index (χ1n) is 4.63. The van der Waals surface area contributed by atoms with Gasteiger partial charge in [-0.15, -0.1) is 0 Å². The van der Waals surface area contributed by atoms with E-state index >= 15 is 0 Å². The fourth-order valence-corrected chi connectivity index (χ4v) is 1.05. The summed E-state index contributed by atoms with van der Waals surface area (Å²) < 4.78 is 4.83. The molecule has 1 amide bonds. The number of carbonyl (C=O) groups excluding carboxylic acids is 1. The Kier molecular flexibility index (Phi) is 2.45. The van der Waals surface area contributed by atoms with Gasteiger partial charge in [-0.3, -0.25) is 4.79 Å². The van der Waals surface area contributed by atoms with Crippen LogP contribution in [0, 0.1) is 0 Å². The Labute approximate surface area is 80.9 Å². The average Bonchev–Trinajstić information content (AvgIpc) is 2.83. The first kappa shape index (κ1) is 9.14. The van der Waals surface area contributed by atoms with Crippen LogP contribution in [0.4, 0.5) is 0 Å². The van der Waals surface area contributed by atoms with Crippen molar-refractivity contribution in [1.29, 1.82) is 0 Å². The Morgan fingerprint density at radius 2 is 2.43 bits per heavy atom. The number of carbonyl (C=O) groups is 1. The second-order valence-electron chi connectivity index (χ2n) is 3.30. The second-order valence-corrected chi connectivity index (χ2v) is 3.30. The molecule has 0 unspecified atom stereocenters. The van der Waals surface area contributed by atoms with Crippen LogP contribution in [0.25, 0.3) is 0 Å². The molecule has 1 saturated carbocycles. The highest BCUT2D eigenvalue weighted by molar-refractivity contribution is 5.90. The lowest BCUT2D eigenvalue weighted by atomic mass is 10.4. The van der Waals surface area contributed by atoms with Crippen molar-refractivity contribution in [2.24, 2.45) is 5.73 Å². The van der Waals surface area contributed by atoms with Crippen molar-refractivity contribution in [3.63, 3.8) is 0 Å². The van der Waals surface area contributed by atoms with Crippen LogP contribution in [0.3, 0.4) is 0 Å². The third kappa shape index (κ3) is 2.08. The van der Waals surface area contributed by atoms with Gasteiger partial charge < -0.3 is 15.6 Å². The molecule has 1 aliphatic rings. The van der Waals surface area contributed by atoms with E-state index in [0.717, 1.165) is 12.8 Å². The molecular weight excluding hydrogens is 184 g/mol. The van der Waals surface area contributed by atoms with Crippen LogP contribution in [0.15, 0.2) is 4.52 Å². The fourth-order valence-electron chi connectivity index (χ4n) is 1.05. The molecule has 1 aromatic rings.